The second kappa shape index (κ2) is 6.69. The fourth-order valence-corrected chi connectivity index (χ4v) is 2.36. The van der Waals surface area contributed by atoms with Gasteiger partial charge in [0.05, 0.1) is 13.2 Å². The summed E-state index contributed by atoms with van der Waals surface area (Å²) in [6, 6.07) is 7.74. The van der Waals surface area contributed by atoms with Gasteiger partial charge in [-0.25, -0.2) is 0 Å². The van der Waals surface area contributed by atoms with E-state index in [0.717, 1.165) is 37.5 Å². The number of ether oxygens (including phenoxy) is 1. The number of benzene rings is 1. The molecule has 1 N–H and O–H groups in total. The van der Waals surface area contributed by atoms with E-state index >= 15 is 0 Å². The van der Waals surface area contributed by atoms with Crippen LogP contribution in [0.2, 0.25) is 0 Å². The van der Waals surface area contributed by atoms with E-state index in [4.69, 9.17) is 9.26 Å². The first-order valence-corrected chi connectivity index (χ1v) is 7.34. The molecule has 6 nitrogen and oxygen atoms in total. The maximum Gasteiger partial charge on any atom is 0.241 e. The third kappa shape index (κ3) is 3.59. The van der Waals surface area contributed by atoms with Crippen LogP contribution in [0.1, 0.15) is 12.8 Å². The molecule has 0 aliphatic carbocycles. The standard InChI is InChI=1S/C15H20N4O2/c1-2-20-13-5-3-12(4-6-13)15-17-14(21-18-15)11-19-9-7-16-8-10-19/h3-6,16H,2,7-11H2,1H3. The van der Waals surface area contributed by atoms with Gasteiger partial charge in [0.2, 0.25) is 11.7 Å². The van der Waals surface area contributed by atoms with Crippen molar-refractivity contribution in [3.63, 3.8) is 0 Å². The van der Waals surface area contributed by atoms with Gasteiger partial charge in [0.15, 0.2) is 0 Å². The van der Waals surface area contributed by atoms with Crippen molar-refractivity contribution in [3.8, 4) is 17.1 Å². The Labute approximate surface area is 124 Å². The molecule has 0 spiro atoms. The van der Waals surface area contributed by atoms with E-state index < -0.39 is 0 Å². The Morgan fingerprint density at radius 3 is 2.71 bits per heavy atom. The van der Waals surface area contributed by atoms with Gasteiger partial charge in [-0.15, -0.1) is 0 Å². The van der Waals surface area contributed by atoms with Crippen molar-refractivity contribution in [3.05, 3.63) is 30.2 Å². The van der Waals surface area contributed by atoms with Gasteiger partial charge in [-0.1, -0.05) is 5.16 Å². The highest BCUT2D eigenvalue weighted by Gasteiger charge is 2.15. The summed E-state index contributed by atoms with van der Waals surface area (Å²) in [5.41, 5.74) is 0.939. The monoisotopic (exact) mass is 288 g/mol. The third-order valence-electron chi connectivity index (χ3n) is 3.46. The van der Waals surface area contributed by atoms with Gasteiger partial charge in [-0.3, -0.25) is 4.90 Å². The zero-order valence-corrected chi connectivity index (χ0v) is 12.2. The van der Waals surface area contributed by atoms with Crippen molar-refractivity contribution in [2.24, 2.45) is 0 Å². The molecule has 1 aliphatic heterocycles. The summed E-state index contributed by atoms with van der Waals surface area (Å²) >= 11 is 0. The first-order chi connectivity index (χ1) is 10.3. The van der Waals surface area contributed by atoms with Crippen LogP contribution < -0.4 is 10.1 Å². The molecule has 1 aromatic carbocycles. The Hall–Kier alpha value is -1.92. The molecule has 0 atom stereocenters. The summed E-state index contributed by atoms with van der Waals surface area (Å²) < 4.78 is 10.8. The molecule has 21 heavy (non-hydrogen) atoms. The topological polar surface area (TPSA) is 63.4 Å². The molecule has 1 saturated heterocycles. The Kier molecular flexibility index (Phi) is 4.47. The molecule has 0 bridgehead atoms. The minimum Gasteiger partial charge on any atom is -0.494 e. The summed E-state index contributed by atoms with van der Waals surface area (Å²) in [7, 11) is 0. The number of aromatic nitrogens is 2. The Morgan fingerprint density at radius 2 is 2.00 bits per heavy atom. The predicted octanol–water partition coefficient (Wildman–Crippen LogP) is 1.54. The molecule has 1 aliphatic rings. The number of piperazine rings is 1. The molecule has 0 amide bonds. The summed E-state index contributed by atoms with van der Waals surface area (Å²) in [5.74, 6) is 2.15. The Balaban J connectivity index is 1.66. The first kappa shape index (κ1) is 14.0. The van der Waals surface area contributed by atoms with Gasteiger partial charge in [-0.05, 0) is 31.2 Å². The van der Waals surface area contributed by atoms with Crippen LogP contribution in [-0.2, 0) is 6.54 Å². The molecule has 3 rings (SSSR count). The Morgan fingerprint density at radius 1 is 1.24 bits per heavy atom. The molecule has 0 unspecified atom stereocenters. The lowest BCUT2D eigenvalue weighted by Gasteiger charge is -2.25. The SMILES string of the molecule is CCOc1ccc(-c2noc(CN3CCNCC3)n2)cc1. The normalized spacial score (nSPS) is 16.0. The van der Waals surface area contributed by atoms with E-state index in [0.29, 0.717) is 24.9 Å². The average Bonchev–Trinajstić information content (AvgIpc) is 2.98. The second-order valence-electron chi connectivity index (χ2n) is 5.00. The quantitative estimate of drug-likeness (QED) is 0.900. The lowest BCUT2D eigenvalue weighted by Crippen LogP contribution is -2.42. The first-order valence-electron chi connectivity index (χ1n) is 7.34. The largest absolute Gasteiger partial charge is 0.494 e. The van der Waals surface area contributed by atoms with E-state index in [1.807, 2.05) is 31.2 Å². The summed E-state index contributed by atoms with van der Waals surface area (Å²) in [5, 5.41) is 7.39. The third-order valence-corrected chi connectivity index (χ3v) is 3.46. The second-order valence-corrected chi connectivity index (χ2v) is 5.00. The lowest BCUT2D eigenvalue weighted by atomic mass is 10.2. The van der Waals surface area contributed by atoms with Crippen molar-refractivity contribution >= 4 is 0 Å². The van der Waals surface area contributed by atoms with E-state index in [1.54, 1.807) is 0 Å². The maximum atomic E-state index is 5.43. The molecule has 0 saturated carbocycles. The van der Waals surface area contributed by atoms with E-state index in [1.165, 1.54) is 0 Å². The van der Waals surface area contributed by atoms with Crippen molar-refractivity contribution < 1.29 is 9.26 Å². The maximum absolute atomic E-state index is 5.43. The zero-order chi connectivity index (χ0) is 14.5. The van der Waals surface area contributed by atoms with E-state index in [9.17, 15) is 0 Å². The van der Waals surface area contributed by atoms with Gasteiger partial charge in [-0.2, -0.15) is 4.98 Å². The smallest absolute Gasteiger partial charge is 0.241 e. The van der Waals surface area contributed by atoms with Crippen LogP contribution >= 0.6 is 0 Å². The molecule has 112 valence electrons. The van der Waals surface area contributed by atoms with Crippen LogP contribution in [0.3, 0.4) is 0 Å². The number of nitrogens with one attached hydrogen (secondary N) is 1. The summed E-state index contributed by atoms with van der Waals surface area (Å²) in [6.07, 6.45) is 0. The lowest BCUT2D eigenvalue weighted by molar-refractivity contribution is 0.203. The van der Waals surface area contributed by atoms with Crippen LogP contribution in [-0.4, -0.2) is 47.8 Å². The van der Waals surface area contributed by atoms with Crippen LogP contribution in [0.15, 0.2) is 28.8 Å². The molecule has 2 heterocycles. The van der Waals surface area contributed by atoms with Gasteiger partial charge in [0.25, 0.3) is 0 Å². The highest BCUT2D eigenvalue weighted by molar-refractivity contribution is 5.55. The minimum atomic E-state index is 0.628. The molecule has 1 fully saturated rings. The molecule has 0 radical (unpaired) electrons. The van der Waals surface area contributed by atoms with Gasteiger partial charge >= 0.3 is 0 Å². The molecular formula is C15H20N4O2. The molecule has 6 heteroatoms. The van der Waals surface area contributed by atoms with Gasteiger partial charge < -0.3 is 14.6 Å². The summed E-state index contributed by atoms with van der Waals surface area (Å²) in [6.45, 7) is 7.40. The number of rotatable bonds is 5. The average molecular weight is 288 g/mol. The number of hydrogen-bond acceptors (Lipinski definition) is 6. The van der Waals surface area contributed by atoms with Crippen molar-refractivity contribution in [2.75, 3.05) is 32.8 Å². The zero-order valence-electron chi connectivity index (χ0n) is 12.2. The molecule has 1 aromatic heterocycles. The van der Waals surface area contributed by atoms with Crippen molar-refractivity contribution in [2.45, 2.75) is 13.5 Å². The molecular weight excluding hydrogens is 268 g/mol. The van der Waals surface area contributed by atoms with Crippen LogP contribution in [0.25, 0.3) is 11.4 Å². The van der Waals surface area contributed by atoms with Crippen molar-refractivity contribution in [1.82, 2.24) is 20.4 Å². The number of hydrogen-bond donors (Lipinski definition) is 1. The predicted molar refractivity (Wildman–Crippen MR) is 79.0 cm³/mol. The van der Waals surface area contributed by atoms with E-state index in [-0.39, 0.29) is 0 Å². The fraction of sp³-hybridized carbons (Fsp3) is 0.467. The van der Waals surface area contributed by atoms with Crippen LogP contribution in [0.5, 0.6) is 5.75 Å². The minimum absolute atomic E-state index is 0.628. The Bertz CT molecular complexity index is 561. The van der Waals surface area contributed by atoms with Gasteiger partial charge in [0, 0.05) is 31.7 Å². The fourth-order valence-electron chi connectivity index (χ4n) is 2.36. The highest BCUT2D eigenvalue weighted by Crippen LogP contribution is 2.20. The highest BCUT2D eigenvalue weighted by atomic mass is 16.5. The summed E-state index contributed by atoms with van der Waals surface area (Å²) in [4.78, 5) is 6.78. The van der Waals surface area contributed by atoms with Crippen molar-refractivity contribution in [1.29, 1.82) is 0 Å². The number of nitrogens with zero attached hydrogens (tertiary/aromatic N) is 3. The van der Waals surface area contributed by atoms with E-state index in [2.05, 4.69) is 20.4 Å². The van der Waals surface area contributed by atoms with Gasteiger partial charge in [0.1, 0.15) is 5.75 Å². The molecule has 2 aromatic rings. The van der Waals surface area contributed by atoms with Crippen LogP contribution in [0.4, 0.5) is 0 Å². The van der Waals surface area contributed by atoms with Crippen LogP contribution in [0, 0.1) is 0 Å².